The molecule has 2 N–H and O–H groups in total. The summed E-state index contributed by atoms with van der Waals surface area (Å²) in [6.45, 7) is 2.95. The van der Waals surface area contributed by atoms with Crippen LogP contribution in [0.15, 0.2) is 23.2 Å². The van der Waals surface area contributed by atoms with Crippen molar-refractivity contribution in [2.24, 2.45) is 10.9 Å². The number of hydrogen-bond acceptors (Lipinski definition) is 3. The maximum Gasteiger partial charge on any atom is 0.241 e. The Morgan fingerprint density at radius 3 is 2.64 bits per heavy atom. The molecule has 0 spiro atoms. The van der Waals surface area contributed by atoms with E-state index in [1.807, 2.05) is 18.2 Å². The van der Waals surface area contributed by atoms with E-state index in [0.29, 0.717) is 35.2 Å². The Labute approximate surface area is 190 Å². The summed E-state index contributed by atoms with van der Waals surface area (Å²) in [7, 11) is 5.09. The molecule has 1 fully saturated rings. The first-order valence-electron chi connectivity index (χ1n) is 9.48. The molecule has 28 heavy (non-hydrogen) atoms. The molecule has 1 aliphatic rings. The quantitative estimate of drug-likeness (QED) is 0.340. The molecular formula is C20H32ClIN4O2. The minimum atomic E-state index is 0. The lowest BCUT2D eigenvalue weighted by Crippen LogP contribution is -2.49. The van der Waals surface area contributed by atoms with Gasteiger partial charge in [-0.3, -0.25) is 4.79 Å². The summed E-state index contributed by atoms with van der Waals surface area (Å²) >= 11 is 6.20. The SMILES string of the molecule is COc1ccc(CN=C(NCC(=O)N(C)C)NC2CCCCC2C)cc1Cl.I. The normalized spacial score (nSPS) is 19.4. The van der Waals surface area contributed by atoms with E-state index in [-0.39, 0.29) is 36.4 Å². The average molecular weight is 523 g/mol. The van der Waals surface area contributed by atoms with Gasteiger partial charge in [0.15, 0.2) is 5.96 Å². The molecule has 1 aromatic rings. The van der Waals surface area contributed by atoms with Crippen molar-refractivity contribution in [3.63, 3.8) is 0 Å². The number of ether oxygens (including phenoxy) is 1. The smallest absolute Gasteiger partial charge is 0.241 e. The van der Waals surface area contributed by atoms with Gasteiger partial charge in [-0.25, -0.2) is 4.99 Å². The number of hydrogen-bond donors (Lipinski definition) is 2. The molecule has 6 nitrogen and oxygen atoms in total. The Balaban J connectivity index is 0.00000392. The van der Waals surface area contributed by atoms with Crippen molar-refractivity contribution in [3.05, 3.63) is 28.8 Å². The molecule has 2 unspecified atom stereocenters. The van der Waals surface area contributed by atoms with E-state index in [0.717, 1.165) is 12.0 Å². The zero-order valence-corrected chi connectivity index (χ0v) is 20.2. The Morgan fingerprint density at radius 1 is 1.32 bits per heavy atom. The van der Waals surface area contributed by atoms with E-state index in [9.17, 15) is 4.79 Å². The Morgan fingerprint density at radius 2 is 2.04 bits per heavy atom. The molecule has 2 atom stereocenters. The van der Waals surface area contributed by atoms with Gasteiger partial charge in [-0.2, -0.15) is 0 Å². The monoisotopic (exact) mass is 522 g/mol. The van der Waals surface area contributed by atoms with Crippen LogP contribution in [0.5, 0.6) is 5.75 Å². The molecule has 0 saturated heterocycles. The van der Waals surface area contributed by atoms with Crippen LogP contribution in [0.3, 0.4) is 0 Å². The summed E-state index contributed by atoms with van der Waals surface area (Å²) in [4.78, 5) is 18.2. The van der Waals surface area contributed by atoms with Crippen molar-refractivity contribution >= 4 is 47.4 Å². The number of likely N-dealkylation sites (N-methyl/N-ethyl adjacent to an activating group) is 1. The molecule has 1 aliphatic carbocycles. The average Bonchev–Trinajstić information content (AvgIpc) is 2.65. The number of carbonyl (C=O) groups is 1. The van der Waals surface area contributed by atoms with Crippen LogP contribution in [0.25, 0.3) is 0 Å². The number of aliphatic imine (C=N–C) groups is 1. The second-order valence-corrected chi connectivity index (χ2v) is 7.70. The summed E-state index contributed by atoms with van der Waals surface area (Å²) in [6, 6.07) is 6.02. The van der Waals surface area contributed by atoms with Crippen LogP contribution in [0.2, 0.25) is 5.02 Å². The first kappa shape index (κ1) is 24.8. The molecule has 0 aromatic heterocycles. The van der Waals surface area contributed by atoms with E-state index in [4.69, 9.17) is 16.3 Å². The fourth-order valence-corrected chi connectivity index (χ4v) is 3.44. The van der Waals surface area contributed by atoms with Crippen LogP contribution in [-0.2, 0) is 11.3 Å². The highest BCUT2D eigenvalue weighted by atomic mass is 127. The number of nitrogens with one attached hydrogen (secondary N) is 2. The summed E-state index contributed by atoms with van der Waals surface area (Å²) in [5, 5.41) is 7.25. The van der Waals surface area contributed by atoms with E-state index in [2.05, 4.69) is 22.5 Å². The van der Waals surface area contributed by atoms with Crippen molar-refractivity contribution in [2.45, 2.75) is 45.2 Å². The molecule has 2 rings (SSSR count). The van der Waals surface area contributed by atoms with Gasteiger partial charge in [0.2, 0.25) is 5.91 Å². The molecule has 8 heteroatoms. The van der Waals surface area contributed by atoms with Crippen molar-refractivity contribution in [1.29, 1.82) is 0 Å². The first-order chi connectivity index (χ1) is 12.9. The number of guanidine groups is 1. The Hall–Kier alpha value is -1.22. The minimum Gasteiger partial charge on any atom is -0.495 e. The number of amides is 1. The largest absolute Gasteiger partial charge is 0.495 e. The Bertz CT molecular complexity index is 670. The van der Waals surface area contributed by atoms with Crippen molar-refractivity contribution in [1.82, 2.24) is 15.5 Å². The third kappa shape index (κ3) is 7.66. The van der Waals surface area contributed by atoms with Gasteiger partial charge in [0.05, 0.1) is 25.2 Å². The maximum atomic E-state index is 11.9. The maximum absolute atomic E-state index is 11.9. The van der Waals surface area contributed by atoms with Crippen LogP contribution >= 0.6 is 35.6 Å². The lowest BCUT2D eigenvalue weighted by atomic mass is 9.86. The number of carbonyl (C=O) groups excluding carboxylic acids is 1. The van der Waals surface area contributed by atoms with Crippen LogP contribution in [0.4, 0.5) is 0 Å². The van der Waals surface area contributed by atoms with E-state index in [1.165, 1.54) is 19.3 Å². The Kier molecular flexibility index (Phi) is 11.0. The molecule has 0 bridgehead atoms. The van der Waals surface area contributed by atoms with Gasteiger partial charge in [-0.05, 0) is 36.5 Å². The molecule has 158 valence electrons. The zero-order valence-electron chi connectivity index (χ0n) is 17.1. The summed E-state index contributed by atoms with van der Waals surface area (Å²) in [5.74, 6) is 1.91. The molecule has 1 saturated carbocycles. The van der Waals surface area contributed by atoms with Gasteiger partial charge < -0.3 is 20.3 Å². The number of methoxy groups -OCH3 is 1. The highest BCUT2D eigenvalue weighted by Gasteiger charge is 2.22. The standard InChI is InChI=1S/C20H31ClN4O2.HI/c1-14-7-5-6-8-17(14)24-20(23-13-19(26)25(2)3)22-12-15-9-10-18(27-4)16(21)11-15;/h9-11,14,17H,5-8,12-13H2,1-4H3,(H2,22,23,24);1H. The third-order valence-electron chi connectivity index (χ3n) is 4.98. The van der Waals surface area contributed by atoms with E-state index >= 15 is 0 Å². The molecule has 1 aromatic carbocycles. The lowest BCUT2D eigenvalue weighted by molar-refractivity contribution is -0.127. The van der Waals surface area contributed by atoms with Gasteiger partial charge in [0, 0.05) is 20.1 Å². The molecule has 0 radical (unpaired) electrons. The van der Waals surface area contributed by atoms with Crippen LogP contribution in [-0.4, -0.2) is 50.6 Å². The van der Waals surface area contributed by atoms with Crippen LogP contribution in [0, 0.1) is 5.92 Å². The molecule has 1 amide bonds. The van der Waals surface area contributed by atoms with Crippen LogP contribution in [0.1, 0.15) is 38.2 Å². The first-order valence-corrected chi connectivity index (χ1v) is 9.86. The summed E-state index contributed by atoms with van der Waals surface area (Å²) < 4.78 is 5.19. The lowest BCUT2D eigenvalue weighted by Gasteiger charge is -2.31. The zero-order chi connectivity index (χ0) is 19.8. The van der Waals surface area contributed by atoms with Crippen molar-refractivity contribution in [2.75, 3.05) is 27.7 Å². The van der Waals surface area contributed by atoms with Gasteiger partial charge in [0.1, 0.15) is 5.75 Å². The highest BCUT2D eigenvalue weighted by molar-refractivity contribution is 14.0. The molecular weight excluding hydrogens is 491 g/mol. The van der Waals surface area contributed by atoms with Gasteiger partial charge >= 0.3 is 0 Å². The molecule has 0 aliphatic heterocycles. The number of rotatable bonds is 6. The van der Waals surface area contributed by atoms with E-state index < -0.39 is 0 Å². The van der Waals surface area contributed by atoms with Gasteiger partial charge in [-0.15, -0.1) is 24.0 Å². The number of benzene rings is 1. The second-order valence-electron chi connectivity index (χ2n) is 7.29. The van der Waals surface area contributed by atoms with Gasteiger partial charge in [-0.1, -0.05) is 37.4 Å². The van der Waals surface area contributed by atoms with E-state index in [1.54, 1.807) is 26.1 Å². The highest BCUT2D eigenvalue weighted by Crippen LogP contribution is 2.25. The van der Waals surface area contributed by atoms with Gasteiger partial charge in [0.25, 0.3) is 0 Å². The van der Waals surface area contributed by atoms with Crippen molar-refractivity contribution < 1.29 is 9.53 Å². The number of halogens is 2. The predicted octanol–water partition coefficient (Wildman–Crippen LogP) is 3.67. The third-order valence-corrected chi connectivity index (χ3v) is 5.27. The van der Waals surface area contributed by atoms with Crippen molar-refractivity contribution in [3.8, 4) is 5.75 Å². The predicted molar refractivity (Wildman–Crippen MR) is 126 cm³/mol. The minimum absolute atomic E-state index is 0. The second kappa shape index (κ2) is 12.4. The fraction of sp³-hybridized carbons (Fsp3) is 0.600. The van der Waals surface area contributed by atoms with Crippen LogP contribution < -0.4 is 15.4 Å². The summed E-state index contributed by atoms with van der Waals surface area (Å²) in [6.07, 6.45) is 4.84. The topological polar surface area (TPSA) is 66.0 Å². The molecule has 0 heterocycles. The fourth-order valence-electron chi connectivity index (χ4n) is 3.15. The summed E-state index contributed by atoms with van der Waals surface area (Å²) in [5.41, 5.74) is 0.984. The number of nitrogens with zero attached hydrogens (tertiary/aromatic N) is 2.